The number of carbonyl (C=O) groups is 1. The molecule has 2 fully saturated rings. The van der Waals surface area contributed by atoms with E-state index in [1.54, 1.807) is 12.4 Å². The molecule has 2 saturated heterocycles. The first-order valence-corrected chi connectivity index (χ1v) is 7.58. The standard InChI is InChI=1S/C16H23N3O.2ClH/c1-11(12-4-3-7-17-10-12)16(20)19(2)15-8-13-5-6-14(9-15)18-13;;/h3-4,7,10-11,13-15,18H,5-6,8-9H2,1-2H3;2*1H. The van der Waals surface area contributed by atoms with E-state index in [9.17, 15) is 4.79 Å². The van der Waals surface area contributed by atoms with Crippen molar-refractivity contribution in [1.29, 1.82) is 0 Å². The number of fused-ring (bicyclic) bond motifs is 2. The van der Waals surface area contributed by atoms with Gasteiger partial charge in [0.25, 0.3) is 0 Å². The molecule has 0 radical (unpaired) electrons. The summed E-state index contributed by atoms with van der Waals surface area (Å²) in [6, 6.07) is 5.49. The van der Waals surface area contributed by atoms with E-state index in [-0.39, 0.29) is 36.6 Å². The lowest BCUT2D eigenvalue weighted by Crippen LogP contribution is -2.49. The molecule has 124 valence electrons. The maximum atomic E-state index is 12.7. The summed E-state index contributed by atoms with van der Waals surface area (Å²) in [5, 5.41) is 3.63. The highest BCUT2D eigenvalue weighted by Crippen LogP contribution is 2.30. The number of pyridine rings is 1. The molecule has 0 spiro atoms. The number of rotatable bonds is 3. The Balaban J connectivity index is 0.00000121. The van der Waals surface area contributed by atoms with Crippen LogP contribution in [-0.4, -0.2) is 41.0 Å². The van der Waals surface area contributed by atoms with Gasteiger partial charge in [0.1, 0.15) is 0 Å². The molecule has 3 atom stereocenters. The molecule has 3 unspecified atom stereocenters. The normalized spacial score (nSPS) is 27.3. The Hall–Kier alpha value is -0.840. The molecular formula is C16H25Cl2N3O. The van der Waals surface area contributed by atoms with E-state index in [4.69, 9.17) is 0 Å². The fraction of sp³-hybridized carbons (Fsp3) is 0.625. The van der Waals surface area contributed by atoms with Crippen molar-refractivity contribution in [2.24, 2.45) is 0 Å². The van der Waals surface area contributed by atoms with Gasteiger partial charge in [-0.15, -0.1) is 24.8 Å². The van der Waals surface area contributed by atoms with Crippen LogP contribution in [0.1, 0.15) is 44.1 Å². The summed E-state index contributed by atoms with van der Waals surface area (Å²) in [5.74, 6) is 0.102. The molecule has 3 heterocycles. The van der Waals surface area contributed by atoms with Gasteiger partial charge in [-0.3, -0.25) is 9.78 Å². The molecule has 2 aliphatic rings. The van der Waals surface area contributed by atoms with Gasteiger partial charge in [-0.1, -0.05) is 6.07 Å². The lowest BCUT2D eigenvalue weighted by molar-refractivity contribution is -0.133. The molecule has 1 aromatic heterocycles. The van der Waals surface area contributed by atoms with Gasteiger partial charge in [0, 0.05) is 37.6 Å². The second kappa shape index (κ2) is 8.14. The number of nitrogens with zero attached hydrogens (tertiary/aromatic N) is 2. The van der Waals surface area contributed by atoms with Crippen LogP contribution < -0.4 is 5.32 Å². The Labute approximate surface area is 144 Å². The van der Waals surface area contributed by atoms with Crippen LogP contribution in [0.4, 0.5) is 0 Å². The fourth-order valence-corrected chi connectivity index (χ4v) is 3.60. The molecule has 6 heteroatoms. The van der Waals surface area contributed by atoms with Crippen molar-refractivity contribution in [3.63, 3.8) is 0 Å². The maximum Gasteiger partial charge on any atom is 0.229 e. The van der Waals surface area contributed by atoms with Gasteiger partial charge in [-0.05, 0) is 44.2 Å². The van der Waals surface area contributed by atoms with Crippen LogP contribution in [0.15, 0.2) is 24.5 Å². The van der Waals surface area contributed by atoms with Gasteiger partial charge in [-0.2, -0.15) is 0 Å². The predicted octanol–water partition coefficient (Wildman–Crippen LogP) is 2.77. The zero-order chi connectivity index (χ0) is 14.1. The Morgan fingerprint density at radius 3 is 2.50 bits per heavy atom. The van der Waals surface area contributed by atoms with E-state index in [0.29, 0.717) is 18.1 Å². The summed E-state index contributed by atoms with van der Waals surface area (Å²) in [6.07, 6.45) is 8.26. The third-order valence-corrected chi connectivity index (χ3v) is 4.90. The summed E-state index contributed by atoms with van der Waals surface area (Å²) in [7, 11) is 1.96. The zero-order valence-electron chi connectivity index (χ0n) is 13.1. The molecule has 0 aliphatic carbocycles. The molecular weight excluding hydrogens is 321 g/mol. The Kier molecular flexibility index (Phi) is 7.10. The summed E-state index contributed by atoms with van der Waals surface area (Å²) in [4.78, 5) is 18.7. The van der Waals surface area contributed by atoms with E-state index >= 15 is 0 Å². The molecule has 2 bridgehead atoms. The van der Waals surface area contributed by atoms with Crippen LogP contribution in [0.2, 0.25) is 0 Å². The van der Waals surface area contributed by atoms with E-state index in [1.807, 2.05) is 31.0 Å². The topological polar surface area (TPSA) is 45.2 Å². The predicted molar refractivity (Wildman–Crippen MR) is 92.9 cm³/mol. The van der Waals surface area contributed by atoms with Gasteiger partial charge in [0.05, 0.1) is 5.92 Å². The largest absolute Gasteiger partial charge is 0.342 e. The van der Waals surface area contributed by atoms with Crippen LogP contribution in [-0.2, 0) is 4.79 Å². The molecule has 0 saturated carbocycles. The molecule has 22 heavy (non-hydrogen) atoms. The lowest BCUT2D eigenvalue weighted by atomic mass is 9.95. The van der Waals surface area contributed by atoms with Crippen molar-refractivity contribution < 1.29 is 4.79 Å². The molecule has 1 N–H and O–H groups in total. The second-order valence-electron chi connectivity index (χ2n) is 6.22. The lowest BCUT2D eigenvalue weighted by Gasteiger charge is -2.36. The smallest absolute Gasteiger partial charge is 0.229 e. The fourth-order valence-electron chi connectivity index (χ4n) is 3.60. The van der Waals surface area contributed by atoms with Crippen LogP contribution in [0.5, 0.6) is 0 Å². The average molecular weight is 346 g/mol. The monoisotopic (exact) mass is 345 g/mol. The summed E-state index contributed by atoms with van der Waals surface area (Å²) in [6.45, 7) is 1.98. The Morgan fingerprint density at radius 2 is 1.95 bits per heavy atom. The quantitative estimate of drug-likeness (QED) is 0.915. The van der Waals surface area contributed by atoms with E-state index in [0.717, 1.165) is 18.4 Å². The Bertz CT molecular complexity index is 474. The SMILES string of the molecule is CC(C(=O)N(C)C1CC2CCC(C1)N2)c1cccnc1.Cl.Cl. The third kappa shape index (κ3) is 3.92. The summed E-state index contributed by atoms with van der Waals surface area (Å²) in [5.41, 5.74) is 1.00. The number of halogens is 2. The van der Waals surface area contributed by atoms with Crippen molar-refractivity contribution in [3.8, 4) is 0 Å². The number of amides is 1. The van der Waals surface area contributed by atoms with Gasteiger partial charge in [-0.25, -0.2) is 0 Å². The second-order valence-corrected chi connectivity index (χ2v) is 6.22. The summed E-state index contributed by atoms with van der Waals surface area (Å²) >= 11 is 0. The number of hydrogen-bond acceptors (Lipinski definition) is 3. The van der Waals surface area contributed by atoms with Crippen molar-refractivity contribution in [3.05, 3.63) is 30.1 Å². The zero-order valence-corrected chi connectivity index (χ0v) is 14.7. The van der Waals surface area contributed by atoms with Gasteiger partial charge in [0.2, 0.25) is 5.91 Å². The maximum absolute atomic E-state index is 12.7. The van der Waals surface area contributed by atoms with Crippen molar-refractivity contribution >= 4 is 30.7 Å². The highest BCUT2D eigenvalue weighted by molar-refractivity contribution is 5.85. The Morgan fingerprint density at radius 1 is 1.32 bits per heavy atom. The van der Waals surface area contributed by atoms with Crippen LogP contribution in [0.3, 0.4) is 0 Å². The first kappa shape index (κ1) is 19.2. The number of hydrogen-bond donors (Lipinski definition) is 1. The van der Waals surface area contributed by atoms with Crippen LogP contribution in [0, 0.1) is 0 Å². The van der Waals surface area contributed by atoms with E-state index in [1.165, 1.54) is 12.8 Å². The molecule has 2 aliphatic heterocycles. The van der Waals surface area contributed by atoms with Gasteiger partial charge in [0.15, 0.2) is 0 Å². The van der Waals surface area contributed by atoms with Gasteiger partial charge < -0.3 is 10.2 Å². The third-order valence-electron chi connectivity index (χ3n) is 4.90. The first-order valence-electron chi connectivity index (χ1n) is 7.58. The number of nitrogens with one attached hydrogen (secondary N) is 1. The van der Waals surface area contributed by atoms with Crippen molar-refractivity contribution in [2.45, 2.75) is 56.7 Å². The highest BCUT2D eigenvalue weighted by Gasteiger charge is 2.37. The number of aromatic nitrogens is 1. The minimum Gasteiger partial charge on any atom is -0.342 e. The number of piperidine rings is 1. The van der Waals surface area contributed by atoms with E-state index < -0.39 is 0 Å². The first-order chi connectivity index (χ1) is 9.65. The van der Waals surface area contributed by atoms with E-state index in [2.05, 4.69) is 10.3 Å². The molecule has 1 aromatic rings. The number of carbonyl (C=O) groups excluding carboxylic acids is 1. The van der Waals surface area contributed by atoms with Crippen molar-refractivity contribution in [2.75, 3.05) is 7.05 Å². The van der Waals surface area contributed by atoms with Gasteiger partial charge >= 0.3 is 0 Å². The average Bonchev–Trinajstić information content (AvgIpc) is 2.84. The number of likely N-dealkylation sites (N-methyl/N-ethyl adjacent to an activating group) is 1. The highest BCUT2D eigenvalue weighted by atomic mass is 35.5. The summed E-state index contributed by atoms with van der Waals surface area (Å²) < 4.78 is 0. The molecule has 4 nitrogen and oxygen atoms in total. The molecule has 0 aromatic carbocycles. The minimum absolute atomic E-state index is 0. The minimum atomic E-state index is -0.110. The molecule has 3 rings (SSSR count). The molecule has 1 amide bonds. The van der Waals surface area contributed by atoms with Crippen molar-refractivity contribution in [1.82, 2.24) is 15.2 Å². The van der Waals surface area contributed by atoms with Crippen LogP contribution in [0.25, 0.3) is 0 Å². The van der Waals surface area contributed by atoms with Crippen LogP contribution >= 0.6 is 24.8 Å².